The highest BCUT2D eigenvalue weighted by molar-refractivity contribution is 7.98. The Balaban J connectivity index is 1.66. The first-order valence-electron chi connectivity index (χ1n) is 9.50. The molecule has 0 aliphatic heterocycles. The molecule has 4 nitrogen and oxygen atoms in total. The van der Waals surface area contributed by atoms with Crippen LogP contribution in [0.5, 0.6) is 5.75 Å². The van der Waals surface area contributed by atoms with Crippen LogP contribution in [0.3, 0.4) is 0 Å². The Kier molecular flexibility index (Phi) is 6.75. The van der Waals surface area contributed by atoms with E-state index in [0.29, 0.717) is 18.9 Å². The zero-order valence-electron chi connectivity index (χ0n) is 17.1. The number of halogens is 1. The van der Waals surface area contributed by atoms with Crippen molar-refractivity contribution >= 4 is 11.8 Å². The number of allylic oxidation sites excluding steroid dienone is 1. The first-order chi connectivity index (χ1) is 13.9. The Bertz CT molecular complexity index is 944. The molecule has 0 unspecified atom stereocenters. The van der Waals surface area contributed by atoms with Crippen LogP contribution in [-0.4, -0.2) is 14.8 Å². The van der Waals surface area contributed by atoms with Crippen molar-refractivity contribution in [1.29, 1.82) is 0 Å². The summed E-state index contributed by atoms with van der Waals surface area (Å²) in [6.07, 6.45) is 1.81. The van der Waals surface area contributed by atoms with Gasteiger partial charge in [0.25, 0.3) is 0 Å². The van der Waals surface area contributed by atoms with Gasteiger partial charge in [-0.3, -0.25) is 4.57 Å². The quantitative estimate of drug-likeness (QED) is 0.348. The van der Waals surface area contributed by atoms with Gasteiger partial charge in [0.05, 0.1) is 0 Å². The van der Waals surface area contributed by atoms with Gasteiger partial charge in [0.2, 0.25) is 0 Å². The maximum absolute atomic E-state index is 13.1. The van der Waals surface area contributed by atoms with Crippen LogP contribution in [0.15, 0.2) is 66.3 Å². The predicted molar refractivity (Wildman–Crippen MR) is 116 cm³/mol. The fourth-order valence-electron chi connectivity index (χ4n) is 2.77. The normalized spacial score (nSPS) is 11.4. The molecule has 1 heterocycles. The number of nitrogens with zero attached hydrogens (tertiary/aromatic N) is 3. The molecule has 3 aromatic rings. The molecular formula is C23H26FN3OS. The first kappa shape index (κ1) is 21.1. The van der Waals surface area contributed by atoms with Crippen molar-refractivity contribution in [2.45, 2.75) is 50.2 Å². The number of hydrogen-bond acceptors (Lipinski definition) is 4. The van der Waals surface area contributed by atoms with E-state index < -0.39 is 0 Å². The molecule has 0 radical (unpaired) electrons. The Hall–Kier alpha value is -2.60. The molecule has 0 N–H and O–H groups in total. The van der Waals surface area contributed by atoms with E-state index in [1.54, 1.807) is 23.9 Å². The van der Waals surface area contributed by atoms with Crippen LogP contribution < -0.4 is 4.74 Å². The van der Waals surface area contributed by atoms with Crippen LogP contribution in [0.25, 0.3) is 0 Å². The summed E-state index contributed by atoms with van der Waals surface area (Å²) in [6, 6.07) is 14.6. The Morgan fingerprint density at radius 3 is 2.38 bits per heavy atom. The molecule has 1 aromatic heterocycles. The summed E-state index contributed by atoms with van der Waals surface area (Å²) in [5, 5.41) is 9.38. The number of aromatic nitrogens is 3. The van der Waals surface area contributed by atoms with E-state index in [4.69, 9.17) is 4.74 Å². The largest absolute Gasteiger partial charge is 0.486 e. The van der Waals surface area contributed by atoms with Crippen LogP contribution in [0.1, 0.15) is 37.7 Å². The molecule has 0 saturated heterocycles. The highest BCUT2D eigenvalue weighted by atomic mass is 32.2. The van der Waals surface area contributed by atoms with Gasteiger partial charge in [-0.25, -0.2) is 4.39 Å². The van der Waals surface area contributed by atoms with Crippen molar-refractivity contribution in [3.8, 4) is 5.75 Å². The average Bonchev–Trinajstić information content (AvgIpc) is 3.07. The van der Waals surface area contributed by atoms with Gasteiger partial charge in [0, 0.05) is 12.3 Å². The molecule has 0 aliphatic rings. The molecule has 0 fully saturated rings. The molecule has 0 spiro atoms. The Labute approximate surface area is 175 Å². The van der Waals surface area contributed by atoms with E-state index in [9.17, 15) is 4.39 Å². The minimum absolute atomic E-state index is 0.110. The van der Waals surface area contributed by atoms with Gasteiger partial charge in [-0.05, 0) is 40.8 Å². The van der Waals surface area contributed by atoms with E-state index in [-0.39, 0.29) is 11.2 Å². The molecule has 0 aliphatic carbocycles. The van der Waals surface area contributed by atoms with Gasteiger partial charge in [-0.2, -0.15) is 0 Å². The fraction of sp³-hybridized carbons (Fsp3) is 0.304. The molecule has 6 heteroatoms. The summed E-state index contributed by atoms with van der Waals surface area (Å²) in [5.41, 5.74) is 2.40. The lowest BCUT2D eigenvalue weighted by atomic mass is 9.87. The third-order valence-corrected chi connectivity index (χ3v) is 5.51. The van der Waals surface area contributed by atoms with Gasteiger partial charge in [0.15, 0.2) is 11.0 Å². The average molecular weight is 412 g/mol. The van der Waals surface area contributed by atoms with Crippen molar-refractivity contribution in [3.63, 3.8) is 0 Å². The van der Waals surface area contributed by atoms with Crippen molar-refractivity contribution in [2.24, 2.45) is 0 Å². The van der Waals surface area contributed by atoms with Gasteiger partial charge in [-0.1, -0.05) is 62.9 Å². The number of benzene rings is 2. The maximum atomic E-state index is 13.1. The lowest BCUT2D eigenvalue weighted by Gasteiger charge is -2.19. The zero-order chi connectivity index (χ0) is 20.9. The number of hydrogen-bond donors (Lipinski definition) is 0. The van der Waals surface area contributed by atoms with E-state index in [0.717, 1.165) is 22.3 Å². The minimum Gasteiger partial charge on any atom is -0.486 e. The molecule has 3 rings (SSSR count). The SMILES string of the molecule is C=CCn1c(COc2ccc(C(C)(C)C)cc2)nnc1SCc1ccc(F)cc1. The standard InChI is InChI=1S/C23H26FN3OS/c1-5-14-27-21(15-28-20-12-8-18(9-13-20)23(2,3)4)25-26-22(27)29-16-17-6-10-19(24)11-7-17/h5-13H,1,14-16H2,2-4H3. The van der Waals surface area contributed by atoms with Crippen LogP contribution in [0.2, 0.25) is 0 Å². The Morgan fingerprint density at radius 2 is 1.76 bits per heavy atom. The highest BCUT2D eigenvalue weighted by Gasteiger charge is 2.15. The van der Waals surface area contributed by atoms with Crippen molar-refractivity contribution in [1.82, 2.24) is 14.8 Å². The van der Waals surface area contributed by atoms with E-state index in [1.807, 2.05) is 22.8 Å². The summed E-state index contributed by atoms with van der Waals surface area (Å²) >= 11 is 1.56. The van der Waals surface area contributed by atoms with E-state index in [2.05, 4.69) is 49.7 Å². The molecule has 152 valence electrons. The zero-order valence-corrected chi connectivity index (χ0v) is 17.9. The molecule has 0 saturated carbocycles. The van der Waals surface area contributed by atoms with Crippen molar-refractivity contribution < 1.29 is 9.13 Å². The van der Waals surface area contributed by atoms with Gasteiger partial charge >= 0.3 is 0 Å². The molecular weight excluding hydrogens is 385 g/mol. The summed E-state index contributed by atoms with van der Waals surface area (Å²) < 4.78 is 21.0. The Morgan fingerprint density at radius 1 is 1.07 bits per heavy atom. The third kappa shape index (κ3) is 5.70. The van der Waals surface area contributed by atoms with Crippen LogP contribution in [0, 0.1) is 5.82 Å². The molecule has 2 aromatic carbocycles. The van der Waals surface area contributed by atoms with Crippen LogP contribution >= 0.6 is 11.8 Å². The summed E-state index contributed by atoms with van der Waals surface area (Å²) in [4.78, 5) is 0. The second-order valence-corrected chi connectivity index (χ2v) is 8.72. The number of rotatable bonds is 8. The fourth-order valence-corrected chi connectivity index (χ4v) is 3.70. The molecule has 0 bridgehead atoms. The monoisotopic (exact) mass is 411 g/mol. The van der Waals surface area contributed by atoms with Crippen molar-refractivity contribution in [3.05, 3.63) is 84.0 Å². The second-order valence-electron chi connectivity index (χ2n) is 7.78. The van der Waals surface area contributed by atoms with Crippen LogP contribution in [0.4, 0.5) is 4.39 Å². The second kappa shape index (κ2) is 9.27. The number of thioether (sulfide) groups is 1. The lowest BCUT2D eigenvalue weighted by molar-refractivity contribution is 0.289. The highest BCUT2D eigenvalue weighted by Crippen LogP contribution is 2.25. The van der Waals surface area contributed by atoms with E-state index >= 15 is 0 Å². The van der Waals surface area contributed by atoms with Crippen molar-refractivity contribution in [2.75, 3.05) is 0 Å². The predicted octanol–water partition coefficient (Wildman–Crippen LogP) is 5.77. The third-order valence-electron chi connectivity index (χ3n) is 4.47. The topological polar surface area (TPSA) is 39.9 Å². The summed E-state index contributed by atoms with van der Waals surface area (Å²) in [7, 11) is 0. The van der Waals surface area contributed by atoms with Gasteiger partial charge in [0.1, 0.15) is 18.2 Å². The lowest BCUT2D eigenvalue weighted by Crippen LogP contribution is -2.11. The summed E-state index contributed by atoms with van der Waals surface area (Å²) in [6.45, 7) is 11.3. The maximum Gasteiger partial charge on any atom is 0.191 e. The molecule has 0 amide bonds. The summed E-state index contributed by atoms with van der Waals surface area (Å²) in [5.74, 6) is 1.99. The van der Waals surface area contributed by atoms with Crippen LogP contribution in [-0.2, 0) is 24.3 Å². The number of ether oxygens (including phenoxy) is 1. The first-order valence-corrected chi connectivity index (χ1v) is 10.5. The van der Waals surface area contributed by atoms with E-state index in [1.165, 1.54) is 17.7 Å². The smallest absolute Gasteiger partial charge is 0.191 e. The molecule has 29 heavy (non-hydrogen) atoms. The van der Waals surface area contributed by atoms with Gasteiger partial charge < -0.3 is 4.74 Å². The molecule has 0 atom stereocenters. The minimum atomic E-state index is -0.233. The van der Waals surface area contributed by atoms with Gasteiger partial charge in [-0.15, -0.1) is 16.8 Å².